The fourth-order valence-electron chi connectivity index (χ4n) is 9.27. The molecule has 0 aliphatic carbocycles. The number of anilines is 1. The third kappa shape index (κ3) is 9.68. The fraction of sp³-hybridized carbons (Fsp3) is 0.500. The number of hydrogen-bond acceptors (Lipinski definition) is 7. The molecule has 3 atom stereocenters. The standard InChI is InChI=1S/C48H64N2O5/c1-8-46(5)35-47(25-29-55-46,40-17-14-36(2)15-18-40)22-26-49-32-38-31-41(19-20-42(38)51)50(33-37-16-21-43(52-6)44(30-37)53-7)27-23-48(39-12-10-9-11-13-39)24-28-54-45(3,4)34-48/h9-21,30-31,49,51H,8,22-29,32-35H2,1-7H3. The topological polar surface area (TPSA) is 72.4 Å². The van der Waals surface area contributed by atoms with Crippen LogP contribution >= 0.6 is 0 Å². The van der Waals surface area contributed by atoms with Gasteiger partial charge in [0.2, 0.25) is 0 Å². The largest absolute Gasteiger partial charge is 0.508 e. The van der Waals surface area contributed by atoms with Gasteiger partial charge in [-0.1, -0.05) is 73.2 Å². The van der Waals surface area contributed by atoms with E-state index in [2.05, 4.69) is 124 Å². The molecule has 0 saturated carbocycles. The molecule has 0 spiro atoms. The summed E-state index contributed by atoms with van der Waals surface area (Å²) in [7, 11) is 3.35. The van der Waals surface area contributed by atoms with Crippen molar-refractivity contribution < 1.29 is 24.1 Å². The zero-order valence-corrected chi connectivity index (χ0v) is 34.4. The molecule has 2 fully saturated rings. The molecule has 4 aromatic rings. The Hall–Kier alpha value is -4.04. The van der Waals surface area contributed by atoms with Gasteiger partial charge >= 0.3 is 0 Å². The highest BCUT2D eigenvalue weighted by atomic mass is 16.5. The zero-order chi connectivity index (χ0) is 39.1. The monoisotopic (exact) mass is 748 g/mol. The quantitative estimate of drug-likeness (QED) is 0.111. The second kappa shape index (κ2) is 17.4. The molecule has 2 aliphatic heterocycles. The van der Waals surface area contributed by atoms with Gasteiger partial charge in [0.15, 0.2) is 11.5 Å². The lowest BCUT2D eigenvalue weighted by Gasteiger charge is -2.47. The van der Waals surface area contributed by atoms with E-state index < -0.39 is 0 Å². The molecule has 7 heteroatoms. The van der Waals surface area contributed by atoms with E-state index in [1.54, 1.807) is 14.2 Å². The summed E-state index contributed by atoms with van der Waals surface area (Å²) in [6, 6.07) is 32.4. The van der Waals surface area contributed by atoms with Crippen LogP contribution in [-0.2, 0) is 33.4 Å². The maximum atomic E-state index is 11.2. The summed E-state index contributed by atoms with van der Waals surface area (Å²) in [6.07, 6.45) is 6.89. The Morgan fingerprint density at radius 1 is 0.764 bits per heavy atom. The number of rotatable bonds is 16. The molecule has 2 aliphatic rings. The average Bonchev–Trinajstić information content (AvgIpc) is 3.19. The first-order valence-electron chi connectivity index (χ1n) is 20.3. The second-order valence-corrected chi connectivity index (χ2v) is 17.0. The molecule has 6 rings (SSSR count). The summed E-state index contributed by atoms with van der Waals surface area (Å²) >= 11 is 0. The van der Waals surface area contributed by atoms with Crippen LogP contribution in [0.25, 0.3) is 0 Å². The number of phenols is 1. The lowest BCUT2D eigenvalue weighted by atomic mass is 9.66. The van der Waals surface area contributed by atoms with E-state index in [0.717, 1.165) is 93.8 Å². The molecule has 0 bridgehead atoms. The summed E-state index contributed by atoms with van der Waals surface area (Å²) in [6.45, 7) is 15.5. The van der Waals surface area contributed by atoms with Crippen molar-refractivity contribution in [1.29, 1.82) is 0 Å². The van der Waals surface area contributed by atoms with Crippen LogP contribution in [0, 0.1) is 6.92 Å². The molecule has 55 heavy (non-hydrogen) atoms. The van der Waals surface area contributed by atoms with Gasteiger partial charge in [0.05, 0.1) is 25.4 Å². The number of aromatic hydroxyl groups is 1. The molecule has 3 unspecified atom stereocenters. The highest BCUT2D eigenvalue weighted by Gasteiger charge is 2.44. The Kier molecular flexibility index (Phi) is 12.9. The highest BCUT2D eigenvalue weighted by Crippen LogP contribution is 2.46. The first-order chi connectivity index (χ1) is 26.4. The Labute approximate surface area is 330 Å². The van der Waals surface area contributed by atoms with Gasteiger partial charge in [-0.2, -0.15) is 0 Å². The van der Waals surface area contributed by atoms with Crippen LogP contribution in [-0.4, -0.2) is 56.8 Å². The maximum Gasteiger partial charge on any atom is 0.161 e. The lowest BCUT2D eigenvalue weighted by Crippen LogP contribution is -2.46. The Bertz CT molecular complexity index is 1850. The molecule has 7 nitrogen and oxygen atoms in total. The van der Waals surface area contributed by atoms with Crippen LogP contribution in [0.3, 0.4) is 0 Å². The van der Waals surface area contributed by atoms with E-state index in [-0.39, 0.29) is 22.0 Å². The lowest BCUT2D eigenvalue weighted by molar-refractivity contribution is -0.0979. The predicted octanol–water partition coefficient (Wildman–Crippen LogP) is 10.0. The van der Waals surface area contributed by atoms with Crippen LogP contribution in [0.4, 0.5) is 5.69 Å². The summed E-state index contributed by atoms with van der Waals surface area (Å²) in [5.41, 5.74) is 6.84. The van der Waals surface area contributed by atoms with Crippen molar-refractivity contribution in [1.82, 2.24) is 5.32 Å². The van der Waals surface area contributed by atoms with Crippen LogP contribution in [0.1, 0.15) is 100 Å². The van der Waals surface area contributed by atoms with Crippen LogP contribution in [0.5, 0.6) is 17.2 Å². The summed E-state index contributed by atoms with van der Waals surface area (Å²) < 4.78 is 23.9. The number of nitrogens with zero attached hydrogens (tertiary/aromatic N) is 1. The number of methoxy groups -OCH3 is 2. The normalized spacial score (nSPS) is 23.6. The van der Waals surface area contributed by atoms with Gasteiger partial charge in [-0.05, 0) is 126 Å². The smallest absolute Gasteiger partial charge is 0.161 e. The second-order valence-electron chi connectivity index (χ2n) is 17.0. The van der Waals surface area contributed by atoms with Crippen molar-refractivity contribution in [3.63, 3.8) is 0 Å². The van der Waals surface area contributed by atoms with Crippen LogP contribution in [0.2, 0.25) is 0 Å². The summed E-state index contributed by atoms with van der Waals surface area (Å²) in [5, 5.41) is 14.9. The summed E-state index contributed by atoms with van der Waals surface area (Å²) in [5.74, 6) is 1.74. The van der Waals surface area contributed by atoms with Gasteiger partial charge in [0.1, 0.15) is 5.75 Å². The summed E-state index contributed by atoms with van der Waals surface area (Å²) in [4.78, 5) is 2.46. The molecule has 0 amide bonds. The number of benzene rings is 4. The molecular formula is C48H64N2O5. The SMILES string of the molecule is CCC1(C)CC(CCNCc2cc(N(CCC3(c4ccccc4)CCOC(C)(C)C3)Cc3ccc(OC)c(OC)c3)ccc2O)(c2ccc(C)cc2)CCO1. The van der Waals surface area contributed by atoms with Gasteiger partial charge in [0.25, 0.3) is 0 Å². The molecule has 4 aromatic carbocycles. The van der Waals surface area contributed by atoms with Gasteiger partial charge < -0.3 is 34.3 Å². The average molecular weight is 749 g/mol. The minimum Gasteiger partial charge on any atom is -0.508 e. The van der Waals surface area contributed by atoms with Gasteiger partial charge in [-0.25, -0.2) is 0 Å². The molecule has 0 radical (unpaired) electrons. The van der Waals surface area contributed by atoms with E-state index in [1.807, 2.05) is 12.1 Å². The fourth-order valence-corrected chi connectivity index (χ4v) is 9.27. The minimum atomic E-state index is -0.211. The first kappa shape index (κ1) is 40.6. The Balaban J connectivity index is 1.24. The molecule has 2 heterocycles. The maximum absolute atomic E-state index is 11.2. The molecular weight excluding hydrogens is 685 g/mol. The number of nitrogens with one attached hydrogen (secondary N) is 1. The number of aryl methyl sites for hydroxylation is 1. The van der Waals surface area contributed by atoms with Crippen molar-refractivity contribution in [2.75, 3.05) is 45.4 Å². The molecule has 2 N–H and O–H groups in total. The van der Waals surface area contributed by atoms with E-state index in [1.165, 1.54) is 16.7 Å². The van der Waals surface area contributed by atoms with Gasteiger partial charge in [-0.15, -0.1) is 0 Å². The van der Waals surface area contributed by atoms with E-state index >= 15 is 0 Å². The third-order valence-electron chi connectivity index (χ3n) is 12.6. The third-order valence-corrected chi connectivity index (χ3v) is 12.6. The molecule has 0 aromatic heterocycles. The van der Waals surface area contributed by atoms with Gasteiger partial charge in [-0.3, -0.25) is 0 Å². The Morgan fingerprint density at radius 3 is 2.15 bits per heavy atom. The van der Waals surface area contributed by atoms with E-state index in [9.17, 15) is 5.11 Å². The van der Waals surface area contributed by atoms with Crippen molar-refractivity contribution in [3.8, 4) is 17.2 Å². The van der Waals surface area contributed by atoms with Crippen molar-refractivity contribution in [2.24, 2.45) is 0 Å². The van der Waals surface area contributed by atoms with Crippen molar-refractivity contribution in [2.45, 2.75) is 115 Å². The molecule has 2 saturated heterocycles. The zero-order valence-electron chi connectivity index (χ0n) is 34.4. The van der Waals surface area contributed by atoms with Crippen LogP contribution in [0.15, 0.2) is 91.0 Å². The van der Waals surface area contributed by atoms with Crippen molar-refractivity contribution in [3.05, 3.63) is 119 Å². The number of phenolic OH excluding ortho intramolecular Hbond substituents is 1. The predicted molar refractivity (Wildman–Crippen MR) is 224 cm³/mol. The first-order valence-corrected chi connectivity index (χ1v) is 20.3. The van der Waals surface area contributed by atoms with Crippen LogP contribution < -0.4 is 19.7 Å². The van der Waals surface area contributed by atoms with E-state index in [4.69, 9.17) is 18.9 Å². The van der Waals surface area contributed by atoms with Crippen molar-refractivity contribution >= 4 is 5.69 Å². The number of ether oxygens (including phenoxy) is 4. The van der Waals surface area contributed by atoms with Gasteiger partial charge in [0, 0.05) is 54.9 Å². The van der Waals surface area contributed by atoms with E-state index in [0.29, 0.717) is 24.6 Å². The number of hydrogen-bond donors (Lipinski definition) is 2. The Morgan fingerprint density at radius 2 is 1.45 bits per heavy atom. The molecule has 296 valence electrons. The minimum absolute atomic E-state index is 0.0222. The highest BCUT2D eigenvalue weighted by molar-refractivity contribution is 5.54.